The fourth-order valence-corrected chi connectivity index (χ4v) is 3.13. The van der Waals surface area contributed by atoms with Crippen molar-refractivity contribution in [2.24, 2.45) is 12.0 Å². The van der Waals surface area contributed by atoms with Gasteiger partial charge in [-0.25, -0.2) is 0 Å². The van der Waals surface area contributed by atoms with Crippen molar-refractivity contribution in [3.05, 3.63) is 48.3 Å². The van der Waals surface area contributed by atoms with Crippen LogP contribution >= 0.6 is 0 Å². The molecule has 1 N–H and O–H groups in total. The van der Waals surface area contributed by atoms with Crippen molar-refractivity contribution in [2.75, 3.05) is 26.7 Å². The Morgan fingerprint density at radius 3 is 2.68 bits per heavy atom. The molecule has 0 bridgehead atoms. The van der Waals surface area contributed by atoms with E-state index in [9.17, 15) is 0 Å². The van der Waals surface area contributed by atoms with E-state index in [2.05, 4.69) is 26.5 Å². The van der Waals surface area contributed by atoms with Gasteiger partial charge in [-0.05, 0) is 24.1 Å². The largest absolute Gasteiger partial charge is 0.490 e. The van der Waals surface area contributed by atoms with Gasteiger partial charge >= 0.3 is 0 Å². The second-order valence-corrected chi connectivity index (χ2v) is 6.36. The molecular weight excluding hydrogens is 314 g/mol. The zero-order valence-corrected chi connectivity index (χ0v) is 15.1. The molecule has 1 aromatic carbocycles. The molecule has 25 heavy (non-hydrogen) atoms. The highest BCUT2D eigenvalue weighted by Gasteiger charge is 2.22. The first-order valence-electron chi connectivity index (χ1n) is 8.89. The molecule has 0 unspecified atom stereocenters. The second-order valence-electron chi connectivity index (χ2n) is 6.36. The van der Waals surface area contributed by atoms with Gasteiger partial charge in [-0.1, -0.05) is 18.2 Å². The summed E-state index contributed by atoms with van der Waals surface area (Å²) in [6.45, 7) is 2.78. The lowest BCUT2D eigenvalue weighted by molar-refractivity contribution is 0.129. The van der Waals surface area contributed by atoms with Crippen LogP contribution in [0.3, 0.4) is 0 Å². The van der Waals surface area contributed by atoms with Crippen LogP contribution in [0.2, 0.25) is 0 Å². The molecular formula is C19H27N5O. The summed E-state index contributed by atoms with van der Waals surface area (Å²) in [6.07, 6.45) is 7.22. The molecule has 1 fully saturated rings. The summed E-state index contributed by atoms with van der Waals surface area (Å²) in [6, 6.07) is 10.1. The van der Waals surface area contributed by atoms with Crippen LogP contribution in [0.4, 0.5) is 0 Å². The van der Waals surface area contributed by atoms with Crippen LogP contribution in [0.1, 0.15) is 18.4 Å². The first kappa shape index (κ1) is 17.3. The minimum Gasteiger partial charge on any atom is -0.490 e. The lowest BCUT2D eigenvalue weighted by atomic mass is 10.1. The first-order valence-corrected chi connectivity index (χ1v) is 8.89. The van der Waals surface area contributed by atoms with Gasteiger partial charge in [-0.15, -0.1) is 0 Å². The summed E-state index contributed by atoms with van der Waals surface area (Å²) in [7, 11) is 3.79. The molecule has 0 aliphatic carbocycles. The van der Waals surface area contributed by atoms with Crippen LogP contribution < -0.4 is 10.1 Å². The number of piperidine rings is 1. The zero-order chi connectivity index (χ0) is 17.5. The molecule has 0 amide bonds. The third kappa shape index (κ3) is 4.98. The molecule has 2 aromatic rings. The summed E-state index contributed by atoms with van der Waals surface area (Å²) < 4.78 is 7.90. The number of aromatic nitrogens is 2. The number of likely N-dealkylation sites (tertiary alicyclic amines) is 1. The maximum Gasteiger partial charge on any atom is 0.193 e. The number of guanidine groups is 1. The molecule has 1 aliphatic rings. The quantitative estimate of drug-likeness (QED) is 0.668. The molecule has 0 atom stereocenters. The smallest absolute Gasteiger partial charge is 0.193 e. The zero-order valence-electron chi connectivity index (χ0n) is 15.1. The fraction of sp³-hybridized carbons (Fsp3) is 0.474. The Kier molecular flexibility index (Phi) is 5.93. The van der Waals surface area contributed by atoms with E-state index in [1.807, 2.05) is 55.3 Å². The fourth-order valence-electron chi connectivity index (χ4n) is 3.13. The van der Waals surface area contributed by atoms with E-state index in [1.165, 1.54) is 5.56 Å². The lowest BCUT2D eigenvalue weighted by Gasteiger charge is -2.34. The maximum atomic E-state index is 6.06. The number of nitrogens with one attached hydrogen (secondary N) is 1. The summed E-state index contributed by atoms with van der Waals surface area (Å²) in [4.78, 5) is 6.74. The number of hydrogen-bond acceptors (Lipinski definition) is 3. The average Bonchev–Trinajstić information content (AvgIpc) is 3.06. The van der Waals surface area contributed by atoms with Crippen molar-refractivity contribution in [3.63, 3.8) is 0 Å². The van der Waals surface area contributed by atoms with Crippen LogP contribution in [0.5, 0.6) is 5.75 Å². The molecule has 1 saturated heterocycles. The maximum absolute atomic E-state index is 6.06. The van der Waals surface area contributed by atoms with Gasteiger partial charge in [0.1, 0.15) is 11.9 Å². The predicted molar refractivity (Wildman–Crippen MR) is 99.9 cm³/mol. The topological polar surface area (TPSA) is 54.7 Å². The van der Waals surface area contributed by atoms with E-state index in [0.29, 0.717) is 0 Å². The van der Waals surface area contributed by atoms with Gasteiger partial charge in [-0.2, -0.15) is 5.10 Å². The number of nitrogens with zero attached hydrogens (tertiary/aromatic N) is 4. The van der Waals surface area contributed by atoms with Crippen molar-refractivity contribution in [3.8, 4) is 5.75 Å². The number of para-hydroxylation sites is 1. The van der Waals surface area contributed by atoms with Gasteiger partial charge in [0.05, 0.1) is 6.20 Å². The highest BCUT2D eigenvalue weighted by atomic mass is 16.5. The summed E-state index contributed by atoms with van der Waals surface area (Å²) in [5.41, 5.74) is 1.24. The molecule has 3 rings (SSSR count). The van der Waals surface area contributed by atoms with Crippen LogP contribution in [0, 0.1) is 0 Å². The molecule has 0 radical (unpaired) electrons. The number of benzene rings is 1. The van der Waals surface area contributed by atoms with Crippen LogP contribution in [0.25, 0.3) is 0 Å². The predicted octanol–water partition coefficient (Wildman–Crippen LogP) is 2.08. The molecule has 0 saturated carbocycles. The Labute approximate surface area is 149 Å². The molecule has 1 aliphatic heterocycles. The monoisotopic (exact) mass is 341 g/mol. The number of rotatable bonds is 5. The molecule has 134 valence electrons. The van der Waals surface area contributed by atoms with Gasteiger partial charge in [0, 0.05) is 52.8 Å². The Morgan fingerprint density at radius 1 is 1.28 bits per heavy atom. The molecule has 0 spiro atoms. The number of ether oxygens (including phenoxy) is 1. The SMILES string of the molecule is CN=C(NCCc1cnn(C)c1)N1CCC(Oc2ccccc2)CC1. The van der Waals surface area contributed by atoms with Crippen molar-refractivity contribution in [2.45, 2.75) is 25.4 Å². The van der Waals surface area contributed by atoms with Crippen LogP contribution in [0.15, 0.2) is 47.7 Å². The van der Waals surface area contributed by atoms with Crippen molar-refractivity contribution >= 4 is 5.96 Å². The van der Waals surface area contributed by atoms with Gasteiger partial charge in [0.25, 0.3) is 0 Å². The average molecular weight is 341 g/mol. The van der Waals surface area contributed by atoms with Gasteiger partial charge in [0.2, 0.25) is 0 Å². The van der Waals surface area contributed by atoms with Crippen LogP contribution in [-0.4, -0.2) is 53.4 Å². The van der Waals surface area contributed by atoms with Crippen molar-refractivity contribution < 1.29 is 4.74 Å². The Hall–Kier alpha value is -2.50. The van der Waals surface area contributed by atoms with E-state index < -0.39 is 0 Å². The Balaban J connectivity index is 1.42. The highest BCUT2D eigenvalue weighted by Crippen LogP contribution is 2.18. The minimum absolute atomic E-state index is 0.284. The Morgan fingerprint density at radius 2 is 2.04 bits per heavy atom. The molecule has 2 heterocycles. The minimum atomic E-state index is 0.284. The van der Waals surface area contributed by atoms with Crippen LogP contribution in [-0.2, 0) is 13.5 Å². The van der Waals surface area contributed by atoms with Crippen molar-refractivity contribution in [1.29, 1.82) is 0 Å². The number of hydrogen-bond donors (Lipinski definition) is 1. The van der Waals surface area contributed by atoms with Gasteiger partial charge in [0.15, 0.2) is 5.96 Å². The third-order valence-corrected chi connectivity index (χ3v) is 4.45. The van der Waals surface area contributed by atoms with Gasteiger partial charge < -0.3 is 15.0 Å². The molecule has 6 heteroatoms. The van der Waals surface area contributed by atoms with E-state index >= 15 is 0 Å². The standard InChI is InChI=1S/C19H27N5O/c1-20-19(21-11-8-16-14-22-23(2)15-16)24-12-9-18(10-13-24)25-17-6-4-3-5-7-17/h3-7,14-15,18H,8-13H2,1-2H3,(H,20,21). The van der Waals surface area contributed by atoms with E-state index in [-0.39, 0.29) is 6.10 Å². The van der Waals surface area contributed by atoms with Gasteiger partial charge in [-0.3, -0.25) is 9.67 Å². The van der Waals surface area contributed by atoms with E-state index in [1.54, 1.807) is 0 Å². The van der Waals surface area contributed by atoms with E-state index in [0.717, 1.165) is 50.6 Å². The van der Waals surface area contributed by atoms with E-state index in [4.69, 9.17) is 4.74 Å². The number of aryl methyl sites for hydroxylation is 1. The van der Waals surface area contributed by atoms with Crippen molar-refractivity contribution in [1.82, 2.24) is 20.0 Å². The summed E-state index contributed by atoms with van der Waals surface area (Å²) in [5, 5.41) is 7.66. The first-order chi connectivity index (χ1) is 12.2. The molecule has 6 nitrogen and oxygen atoms in total. The lowest BCUT2D eigenvalue weighted by Crippen LogP contribution is -2.47. The highest BCUT2D eigenvalue weighted by molar-refractivity contribution is 5.79. The normalized spacial score (nSPS) is 16.1. The summed E-state index contributed by atoms with van der Waals surface area (Å²) in [5.74, 6) is 1.93. The third-order valence-electron chi connectivity index (χ3n) is 4.45. The Bertz CT molecular complexity index is 674. The second kappa shape index (κ2) is 8.55. The summed E-state index contributed by atoms with van der Waals surface area (Å²) >= 11 is 0. The molecule has 1 aromatic heterocycles. The number of aliphatic imine (C=N–C) groups is 1.